The molecule has 0 radical (unpaired) electrons. The minimum absolute atomic E-state index is 0.138. The molecular formula is C15H20FNO2. The molecule has 1 amide bonds. The summed E-state index contributed by atoms with van der Waals surface area (Å²) in [6, 6.07) is 3.63. The van der Waals surface area contributed by atoms with Crippen molar-refractivity contribution >= 4 is 5.91 Å². The van der Waals surface area contributed by atoms with Crippen molar-refractivity contribution in [2.45, 2.75) is 45.1 Å². The molecule has 0 aromatic heterocycles. The summed E-state index contributed by atoms with van der Waals surface area (Å²) in [7, 11) is 0. The van der Waals surface area contributed by atoms with Crippen LogP contribution in [0.1, 0.15) is 49.4 Å². The fourth-order valence-electron chi connectivity index (χ4n) is 2.67. The van der Waals surface area contributed by atoms with Gasteiger partial charge in [-0.25, -0.2) is 4.39 Å². The fraction of sp³-hybridized carbons (Fsp3) is 0.533. The van der Waals surface area contributed by atoms with Gasteiger partial charge in [-0.3, -0.25) is 4.79 Å². The van der Waals surface area contributed by atoms with Crippen molar-refractivity contribution in [3.05, 3.63) is 29.6 Å². The van der Waals surface area contributed by atoms with E-state index >= 15 is 0 Å². The van der Waals surface area contributed by atoms with Gasteiger partial charge in [0, 0.05) is 12.1 Å². The van der Waals surface area contributed by atoms with Gasteiger partial charge in [0.25, 0.3) is 5.91 Å². The second-order valence-corrected chi connectivity index (χ2v) is 5.26. The molecule has 19 heavy (non-hydrogen) atoms. The van der Waals surface area contributed by atoms with Gasteiger partial charge in [0.05, 0.1) is 5.56 Å². The van der Waals surface area contributed by atoms with Crippen LogP contribution in [0.4, 0.5) is 4.39 Å². The van der Waals surface area contributed by atoms with Gasteiger partial charge in [-0.2, -0.15) is 0 Å². The molecule has 0 unspecified atom stereocenters. The molecule has 2 N–H and O–H groups in total. The van der Waals surface area contributed by atoms with E-state index in [-0.39, 0.29) is 23.3 Å². The normalized spacial score (nSPS) is 23.1. The lowest BCUT2D eigenvalue weighted by atomic mass is 9.84. The smallest absolute Gasteiger partial charge is 0.255 e. The average molecular weight is 265 g/mol. The quantitative estimate of drug-likeness (QED) is 0.881. The molecule has 0 atom stereocenters. The Kier molecular flexibility index (Phi) is 4.40. The van der Waals surface area contributed by atoms with Gasteiger partial charge in [-0.15, -0.1) is 0 Å². The molecule has 0 bridgehead atoms. The van der Waals surface area contributed by atoms with Crippen LogP contribution in [0.3, 0.4) is 0 Å². The number of hydrogen-bond acceptors (Lipinski definition) is 2. The summed E-state index contributed by atoms with van der Waals surface area (Å²) in [6.07, 6.45) is 5.42. The number of carbonyl (C=O) groups excluding carboxylic acids is 1. The average Bonchev–Trinajstić information content (AvgIpc) is 2.39. The fourth-order valence-corrected chi connectivity index (χ4v) is 2.67. The molecule has 1 aromatic carbocycles. The van der Waals surface area contributed by atoms with Crippen LogP contribution in [0.25, 0.3) is 0 Å². The number of carbonyl (C=O) groups is 1. The molecule has 4 heteroatoms. The van der Waals surface area contributed by atoms with E-state index in [0.717, 1.165) is 37.7 Å². The van der Waals surface area contributed by atoms with Crippen LogP contribution in [0.5, 0.6) is 5.75 Å². The van der Waals surface area contributed by atoms with Crippen LogP contribution in [-0.2, 0) is 0 Å². The van der Waals surface area contributed by atoms with Gasteiger partial charge in [0.2, 0.25) is 0 Å². The first-order chi connectivity index (χ1) is 9.10. The highest BCUT2D eigenvalue weighted by Crippen LogP contribution is 2.27. The van der Waals surface area contributed by atoms with Crippen molar-refractivity contribution < 1.29 is 14.3 Å². The van der Waals surface area contributed by atoms with Gasteiger partial charge in [-0.05, 0) is 43.7 Å². The predicted octanol–water partition coefficient (Wildman–Crippen LogP) is 3.23. The Labute approximate surface area is 112 Å². The van der Waals surface area contributed by atoms with E-state index in [1.165, 1.54) is 18.6 Å². The lowest BCUT2D eigenvalue weighted by Gasteiger charge is -2.28. The van der Waals surface area contributed by atoms with E-state index in [9.17, 15) is 14.3 Å². The molecular weight excluding hydrogens is 245 g/mol. The lowest BCUT2D eigenvalue weighted by molar-refractivity contribution is 0.0919. The Hall–Kier alpha value is -1.58. The lowest BCUT2D eigenvalue weighted by Crippen LogP contribution is -2.37. The first-order valence-corrected chi connectivity index (χ1v) is 6.89. The number of nitrogens with one attached hydrogen (secondary N) is 1. The van der Waals surface area contributed by atoms with Crippen molar-refractivity contribution in [1.29, 1.82) is 0 Å². The van der Waals surface area contributed by atoms with Crippen LogP contribution in [0, 0.1) is 11.7 Å². The maximum absolute atomic E-state index is 12.9. The molecule has 0 aliphatic heterocycles. The van der Waals surface area contributed by atoms with Crippen LogP contribution in [0.2, 0.25) is 0 Å². The number of rotatable bonds is 3. The Morgan fingerprint density at radius 3 is 2.63 bits per heavy atom. The zero-order valence-corrected chi connectivity index (χ0v) is 11.2. The van der Waals surface area contributed by atoms with Crippen LogP contribution in [-0.4, -0.2) is 17.1 Å². The summed E-state index contributed by atoms with van der Waals surface area (Å²) >= 11 is 0. The molecule has 1 aliphatic rings. The van der Waals surface area contributed by atoms with Crippen molar-refractivity contribution in [2.24, 2.45) is 5.92 Å². The zero-order chi connectivity index (χ0) is 13.8. The van der Waals surface area contributed by atoms with Gasteiger partial charge < -0.3 is 10.4 Å². The molecule has 104 valence electrons. The summed E-state index contributed by atoms with van der Waals surface area (Å²) in [5.74, 6) is -0.401. The van der Waals surface area contributed by atoms with E-state index < -0.39 is 5.82 Å². The number of benzene rings is 1. The van der Waals surface area contributed by atoms with Gasteiger partial charge in [-0.1, -0.05) is 13.3 Å². The third-order valence-electron chi connectivity index (χ3n) is 3.96. The number of aromatic hydroxyl groups is 1. The summed E-state index contributed by atoms with van der Waals surface area (Å²) in [4.78, 5) is 12.0. The van der Waals surface area contributed by atoms with Crippen molar-refractivity contribution in [1.82, 2.24) is 5.32 Å². The molecule has 1 aromatic rings. The number of phenolic OH excluding ortho intramolecular Hbond substituents is 1. The molecule has 1 fully saturated rings. The molecule has 1 saturated carbocycles. The summed E-state index contributed by atoms with van der Waals surface area (Å²) in [5.41, 5.74) is 0.138. The molecule has 2 rings (SSSR count). The van der Waals surface area contributed by atoms with Gasteiger partial charge in [0.1, 0.15) is 11.6 Å². The second-order valence-electron chi connectivity index (χ2n) is 5.26. The maximum Gasteiger partial charge on any atom is 0.255 e. The monoisotopic (exact) mass is 265 g/mol. The Balaban J connectivity index is 1.94. The predicted molar refractivity (Wildman–Crippen MR) is 71.6 cm³/mol. The number of amides is 1. The number of phenols is 1. The second kappa shape index (κ2) is 6.04. The molecule has 0 heterocycles. The highest BCUT2D eigenvalue weighted by Gasteiger charge is 2.22. The van der Waals surface area contributed by atoms with Crippen molar-refractivity contribution in [3.63, 3.8) is 0 Å². The molecule has 3 nitrogen and oxygen atoms in total. The minimum Gasteiger partial charge on any atom is -0.507 e. The van der Waals surface area contributed by atoms with Crippen LogP contribution in [0.15, 0.2) is 18.2 Å². The first kappa shape index (κ1) is 13.8. The minimum atomic E-state index is -0.544. The summed E-state index contributed by atoms with van der Waals surface area (Å²) in [5, 5.41) is 12.5. The van der Waals surface area contributed by atoms with E-state index in [1.54, 1.807) is 0 Å². The maximum atomic E-state index is 12.9. The summed E-state index contributed by atoms with van der Waals surface area (Å²) in [6.45, 7) is 2.19. The zero-order valence-electron chi connectivity index (χ0n) is 11.2. The Bertz CT molecular complexity index is 453. The highest BCUT2D eigenvalue weighted by molar-refractivity contribution is 5.96. The van der Waals surface area contributed by atoms with E-state index in [1.807, 2.05) is 0 Å². The van der Waals surface area contributed by atoms with Crippen molar-refractivity contribution in [3.8, 4) is 5.75 Å². The first-order valence-electron chi connectivity index (χ1n) is 6.89. The summed E-state index contributed by atoms with van der Waals surface area (Å²) < 4.78 is 12.9. The van der Waals surface area contributed by atoms with E-state index in [0.29, 0.717) is 0 Å². The molecule has 0 saturated heterocycles. The standard InChI is InChI=1S/C15H20FNO2/c1-2-10-3-6-12(7-4-10)17-15(19)13-8-5-11(16)9-14(13)18/h5,8-10,12,18H,2-4,6-7H2,1H3,(H,17,19). The SMILES string of the molecule is CCC1CCC(NC(=O)c2ccc(F)cc2O)CC1. The third-order valence-corrected chi connectivity index (χ3v) is 3.96. The third kappa shape index (κ3) is 3.46. The van der Waals surface area contributed by atoms with Gasteiger partial charge in [0.15, 0.2) is 0 Å². The largest absolute Gasteiger partial charge is 0.507 e. The van der Waals surface area contributed by atoms with Crippen molar-refractivity contribution in [2.75, 3.05) is 0 Å². The molecule has 0 spiro atoms. The van der Waals surface area contributed by atoms with Gasteiger partial charge >= 0.3 is 0 Å². The van der Waals surface area contributed by atoms with Crippen LogP contribution >= 0.6 is 0 Å². The van der Waals surface area contributed by atoms with E-state index in [4.69, 9.17) is 0 Å². The number of halogens is 1. The topological polar surface area (TPSA) is 49.3 Å². The van der Waals surface area contributed by atoms with Crippen LogP contribution < -0.4 is 5.32 Å². The molecule has 1 aliphatic carbocycles. The Morgan fingerprint density at radius 1 is 1.37 bits per heavy atom. The highest BCUT2D eigenvalue weighted by atomic mass is 19.1. The van der Waals surface area contributed by atoms with E-state index in [2.05, 4.69) is 12.2 Å². The number of hydrogen-bond donors (Lipinski definition) is 2. The Morgan fingerprint density at radius 2 is 2.05 bits per heavy atom.